The Morgan fingerprint density at radius 3 is 2.35 bits per heavy atom. The standard InChI is InChI=1S/C12H8N4O4/c17-10-8-3-1-2-4-9(8)11(18)16(10)14-12(19)20-15-6-5-13-7-15/h1-7H,(H,14,19). The summed E-state index contributed by atoms with van der Waals surface area (Å²) < 4.78 is 1.04. The molecule has 20 heavy (non-hydrogen) atoms. The van der Waals surface area contributed by atoms with E-state index in [2.05, 4.69) is 10.4 Å². The molecule has 3 amide bonds. The summed E-state index contributed by atoms with van der Waals surface area (Å²) in [5, 5.41) is 0.615. The van der Waals surface area contributed by atoms with Crippen molar-refractivity contribution in [2.24, 2.45) is 0 Å². The number of hydrazine groups is 1. The maximum Gasteiger partial charge on any atom is 0.451 e. The summed E-state index contributed by atoms with van der Waals surface area (Å²) in [5.74, 6) is -1.21. The van der Waals surface area contributed by atoms with Gasteiger partial charge in [0.25, 0.3) is 11.8 Å². The van der Waals surface area contributed by atoms with Crippen LogP contribution in [0.2, 0.25) is 0 Å². The minimum absolute atomic E-state index is 0.237. The van der Waals surface area contributed by atoms with Crippen molar-refractivity contribution in [3.05, 3.63) is 54.1 Å². The lowest BCUT2D eigenvalue weighted by atomic mass is 10.1. The molecule has 1 aromatic heterocycles. The van der Waals surface area contributed by atoms with E-state index in [1.54, 1.807) is 12.1 Å². The predicted molar refractivity (Wildman–Crippen MR) is 64.3 cm³/mol. The molecule has 0 unspecified atom stereocenters. The molecule has 1 N–H and O–H groups in total. The van der Waals surface area contributed by atoms with Gasteiger partial charge in [-0.25, -0.2) is 15.2 Å². The minimum atomic E-state index is -0.975. The van der Waals surface area contributed by atoms with Gasteiger partial charge in [0, 0.05) is 6.20 Å². The number of carbonyl (C=O) groups excluding carboxylic acids is 3. The van der Waals surface area contributed by atoms with Crippen molar-refractivity contribution in [2.45, 2.75) is 0 Å². The molecule has 8 heteroatoms. The Labute approximate surface area is 112 Å². The van der Waals surface area contributed by atoms with Crippen LogP contribution >= 0.6 is 0 Å². The highest BCUT2D eigenvalue weighted by molar-refractivity contribution is 6.21. The summed E-state index contributed by atoms with van der Waals surface area (Å²) in [6.45, 7) is 0. The Morgan fingerprint density at radius 2 is 1.80 bits per heavy atom. The average molecular weight is 272 g/mol. The van der Waals surface area contributed by atoms with E-state index in [-0.39, 0.29) is 11.1 Å². The second-order valence-corrected chi connectivity index (χ2v) is 3.90. The number of nitrogens with zero attached hydrogens (tertiary/aromatic N) is 3. The minimum Gasteiger partial charge on any atom is -0.315 e. The second-order valence-electron chi connectivity index (χ2n) is 3.90. The van der Waals surface area contributed by atoms with Gasteiger partial charge in [0.15, 0.2) is 0 Å². The smallest absolute Gasteiger partial charge is 0.315 e. The number of carbonyl (C=O) groups is 3. The first-order chi connectivity index (χ1) is 9.66. The van der Waals surface area contributed by atoms with Crippen LogP contribution in [0.25, 0.3) is 0 Å². The molecule has 0 spiro atoms. The average Bonchev–Trinajstić information content (AvgIpc) is 3.03. The number of benzene rings is 1. The van der Waals surface area contributed by atoms with E-state index in [1.807, 2.05) is 0 Å². The van der Waals surface area contributed by atoms with Gasteiger partial charge < -0.3 is 4.84 Å². The molecule has 1 aliphatic heterocycles. The summed E-state index contributed by atoms with van der Waals surface area (Å²) in [6, 6.07) is 6.30. The van der Waals surface area contributed by atoms with Crippen LogP contribution in [-0.2, 0) is 0 Å². The molecular formula is C12H8N4O4. The van der Waals surface area contributed by atoms with Gasteiger partial charge in [-0.2, -0.15) is 9.74 Å². The Morgan fingerprint density at radius 1 is 1.15 bits per heavy atom. The van der Waals surface area contributed by atoms with E-state index in [9.17, 15) is 14.4 Å². The van der Waals surface area contributed by atoms with Crippen LogP contribution in [0.3, 0.4) is 0 Å². The number of imide groups is 1. The quantitative estimate of drug-likeness (QED) is 0.790. The van der Waals surface area contributed by atoms with E-state index in [0.717, 1.165) is 4.73 Å². The first-order valence-electron chi connectivity index (χ1n) is 5.61. The van der Waals surface area contributed by atoms with E-state index in [0.29, 0.717) is 5.01 Å². The van der Waals surface area contributed by atoms with E-state index in [1.165, 1.54) is 30.9 Å². The van der Waals surface area contributed by atoms with Gasteiger partial charge in [0.05, 0.1) is 17.3 Å². The Hall–Kier alpha value is -3.16. The zero-order valence-electron chi connectivity index (χ0n) is 10.0. The molecule has 2 aromatic rings. The molecule has 1 aromatic carbocycles. The van der Waals surface area contributed by atoms with Gasteiger partial charge in [-0.15, -0.1) is 0 Å². The van der Waals surface area contributed by atoms with Crippen molar-refractivity contribution < 1.29 is 19.2 Å². The topological polar surface area (TPSA) is 93.5 Å². The summed E-state index contributed by atoms with van der Waals surface area (Å²) in [5.41, 5.74) is 2.56. The third-order valence-corrected chi connectivity index (χ3v) is 2.67. The molecule has 1 aliphatic rings. The van der Waals surface area contributed by atoms with Crippen LogP contribution in [0, 0.1) is 0 Å². The second kappa shape index (κ2) is 4.50. The van der Waals surface area contributed by atoms with Gasteiger partial charge in [-0.3, -0.25) is 9.59 Å². The van der Waals surface area contributed by atoms with Gasteiger partial charge in [-0.1, -0.05) is 12.1 Å². The van der Waals surface area contributed by atoms with Gasteiger partial charge in [0.1, 0.15) is 6.33 Å². The number of hydrogen-bond donors (Lipinski definition) is 1. The van der Waals surface area contributed by atoms with Crippen LogP contribution < -0.4 is 10.3 Å². The Bertz CT molecular complexity index is 660. The Kier molecular flexibility index (Phi) is 2.68. The maximum atomic E-state index is 12.0. The van der Waals surface area contributed by atoms with Gasteiger partial charge in [-0.05, 0) is 12.1 Å². The molecule has 3 rings (SSSR count). The largest absolute Gasteiger partial charge is 0.451 e. The van der Waals surface area contributed by atoms with Gasteiger partial charge >= 0.3 is 6.09 Å². The summed E-state index contributed by atoms with van der Waals surface area (Å²) in [6.07, 6.45) is 3.08. The van der Waals surface area contributed by atoms with Crippen LogP contribution in [0.1, 0.15) is 20.7 Å². The van der Waals surface area contributed by atoms with Crippen LogP contribution in [-0.4, -0.2) is 32.6 Å². The molecule has 0 saturated heterocycles. The molecule has 0 radical (unpaired) electrons. The van der Waals surface area contributed by atoms with E-state index >= 15 is 0 Å². The SMILES string of the molecule is O=C(NN1C(=O)c2ccccc2C1=O)On1ccnc1. The van der Waals surface area contributed by atoms with Crippen molar-refractivity contribution in [2.75, 3.05) is 0 Å². The third kappa shape index (κ3) is 1.88. The normalized spacial score (nSPS) is 13.3. The van der Waals surface area contributed by atoms with E-state index in [4.69, 9.17) is 4.84 Å². The fourth-order valence-electron chi connectivity index (χ4n) is 1.80. The molecule has 100 valence electrons. The molecule has 8 nitrogen and oxygen atoms in total. The van der Waals surface area contributed by atoms with Gasteiger partial charge in [0.2, 0.25) is 0 Å². The third-order valence-electron chi connectivity index (χ3n) is 2.67. The van der Waals surface area contributed by atoms with Crippen molar-refractivity contribution in [3.8, 4) is 0 Å². The van der Waals surface area contributed by atoms with Crippen LogP contribution in [0.15, 0.2) is 43.0 Å². The van der Waals surface area contributed by atoms with Crippen molar-refractivity contribution in [1.82, 2.24) is 20.1 Å². The number of hydrogen-bond acceptors (Lipinski definition) is 5. The van der Waals surface area contributed by atoms with Crippen LogP contribution in [0.5, 0.6) is 0 Å². The number of nitrogens with one attached hydrogen (secondary N) is 1. The zero-order chi connectivity index (χ0) is 14.1. The highest BCUT2D eigenvalue weighted by Crippen LogP contribution is 2.20. The molecule has 0 fully saturated rings. The number of aromatic nitrogens is 2. The molecule has 2 heterocycles. The van der Waals surface area contributed by atoms with Crippen molar-refractivity contribution in [1.29, 1.82) is 0 Å². The Balaban J connectivity index is 1.75. The number of amides is 3. The predicted octanol–water partition coefficient (Wildman–Crippen LogP) is 0.233. The highest BCUT2D eigenvalue weighted by atomic mass is 16.7. The summed E-state index contributed by atoms with van der Waals surface area (Å²) >= 11 is 0. The molecule has 0 aliphatic carbocycles. The first kappa shape index (κ1) is 11.9. The lowest BCUT2D eigenvalue weighted by molar-refractivity contribution is 0.0518. The lowest BCUT2D eigenvalue weighted by Crippen LogP contribution is -2.48. The zero-order valence-corrected chi connectivity index (χ0v) is 10.0. The maximum absolute atomic E-state index is 12.0. The van der Waals surface area contributed by atoms with Crippen molar-refractivity contribution in [3.63, 3.8) is 0 Å². The first-order valence-corrected chi connectivity index (χ1v) is 5.61. The molecule has 0 bridgehead atoms. The van der Waals surface area contributed by atoms with E-state index < -0.39 is 17.9 Å². The summed E-state index contributed by atoms with van der Waals surface area (Å²) in [4.78, 5) is 44.0. The lowest BCUT2D eigenvalue weighted by Gasteiger charge is -2.14. The molecule has 0 saturated carbocycles. The molecule has 0 atom stereocenters. The number of imidazole rings is 1. The molecular weight excluding hydrogens is 264 g/mol. The fourth-order valence-corrected chi connectivity index (χ4v) is 1.80. The fraction of sp³-hybridized carbons (Fsp3) is 0. The number of fused-ring (bicyclic) bond motifs is 1. The summed E-state index contributed by atoms with van der Waals surface area (Å²) in [7, 11) is 0. The van der Waals surface area contributed by atoms with Crippen LogP contribution in [0.4, 0.5) is 4.79 Å². The highest BCUT2D eigenvalue weighted by Gasteiger charge is 2.36. The monoisotopic (exact) mass is 272 g/mol. The van der Waals surface area contributed by atoms with Crippen molar-refractivity contribution >= 4 is 17.9 Å². The number of rotatable bonds is 2.